The van der Waals surface area contributed by atoms with Gasteiger partial charge in [0, 0.05) is 0 Å². The molecule has 0 aliphatic heterocycles. The van der Waals surface area contributed by atoms with Crippen LogP contribution in [0.4, 0.5) is 0 Å². The van der Waals surface area contributed by atoms with Crippen LogP contribution in [0.1, 0.15) is 26.2 Å². The molecule has 0 saturated heterocycles. The number of hydrogen-bond acceptors (Lipinski definition) is 1. The van der Waals surface area contributed by atoms with Crippen LogP contribution in [0.15, 0.2) is 0 Å². The maximum atomic E-state index is 9.46. The third-order valence-electron chi connectivity index (χ3n) is 4.35. The fourth-order valence-corrected chi connectivity index (χ4v) is 4.04. The normalized spacial score (nSPS) is 61.1. The highest BCUT2D eigenvalue weighted by molar-refractivity contribution is 5.13. The summed E-state index contributed by atoms with van der Waals surface area (Å²) >= 11 is 0. The lowest BCUT2D eigenvalue weighted by molar-refractivity contribution is 0.147. The van der Waals surface area contributed by atoms with E-state index in [4.69, 9.17) is 0 Å². The van der Waals surface area contributed by atoms with Crippen LogP contribution < -0.4 is 0 Å². The van der Waals surface area contributed by atoms with Crippen molar-refractivity contribution < 1.29 is 5.11 Å². The third-order valence-corrected chi connectivity index (χ3v) is 4.35. The molecule has 3 rings (SSSR count). The Bertz CT molecular complexity index is 165. The lowest BCUT2D eigenvalue weighted by atomic mass is 10.00. The van der Waals surface area contributed by atoms with Crippen LogP contribution in [0.3, 0.4) is 0 Å². The first-order valence-corrected chi connectivity index (χ1v) is 4.97. The summed E-state index contributed by atoms with van der Waals surface area (Å²) in [6.45, 7) is 1.97. The van der Waals surface area contributed by atoms with Gasteiger partial charge in [-0.05, 0) is 55.8 Å². The van der Waals surface area contributed by atoms with Crippen molar-refractivity contribution in [1.29, 1.82) is 0 Å². The molecule has 62 valence electrons. The standard InChI is InChI=1S/C10H16O/c1-5(11)8-9-6-2-3-7(4-6)10(8)9/h5-11H,2-4H2,1H3. The predicted octanol–water partition coefficient (Wildman–Crippen LogP) is 1.66. The Kier molecular flexibility index (Phi) is 1.07. The lowest BCUT2D eigenvalue weighted by Crippen LogP contribution is -2.10. The summed E-state index contributed by atoms with van der Waals surface area (Å²) in [4.78, 5) is 0. The summed E-state index contributed by atoms with van der Waals surface area (Å²) in [5.41, 5.74) is 0. The number of rotatable bonds is 1. The number of hydrogen-bond donors (Lipinski definition) is 1. The summed E-state index contributed by atoms with van der Waals surface area (Å²) < 4.78 is 0. The second kappa shape index (κ2) is 1.82. The van der Waals surface area contributed by atoms with E-state index in [1.165, 1.54) is 19.3 Å². The van der Waals surface area contributed by atoms with Crippen molar-refractivity contribution in [2.75, 3.05) is 0 Å². The molecule has 5 unspecified atom stereocenters. The Morgan fingerprint density at radius 2 is 1.73 bits per heavy atom. The number of aliphatic hydroxyl groups is 1. The summed E-state index contributed by atoms with van der Waals surface area (Å²) in [7, 11) is 0. The Morgan fingerprint density at radius 1 is 1.18 bits per heavy atom. The van der Waals surface area contributed by atoms with E-state index >= 15 is 0 Å². The van der Waals surface area contributed by atoms with Crippen molar-refractivity contribution >= 4 is 0 Å². The van der Waals surface area contributed by atoms with Crippen LogP contribution in [-0.2, 0) is 0 Å². The Labute approximate surface area is 67.8 Å². The maximum Gasteiger partial charge on any atom is 0.0545 e. The molecule has 1 heteroatoms. The van der Waals surface area contributed by atoms with E-state index in [1.807, 2.05) is 6.92 Å². The molecule has 0 spiro atoms. The minimum atomic E-state index is -0.0200. The Balaban J connectivity index is 1.81. The molecule has 1 nitrogen and oxygen atoms in total. The van der Waals surface area contributed by atoms with E-state index in [-0.39, 0.29) is 6.10 Å². The molecule has 0 aromatic rings. The van der Waals surface area contributed by atoms with Crippen LogP contribution in [0.5, 0.6) is 0 Å². The van der Waals surface area contributed by atoms with E-state index in [2.05, 4.69) is 0 Å². The highest BCUT2D eigenvalue weighted by atomic mass is 16.3. The van der Waals surface area contributed by atoms with Crippen LogP contribution in [0.25, 0.3) is 0 Å². The first-order chi connectivity index (χ1) is 5.29. The van der Waals surface area contributed by atoms with Gasteiger partial charge in [-0.15, -0.1) is 0 Å². The zero-order valence-corrected chi connectivity index (χ0v) is 7.03. The summed E-state index contributed by atoms with van der Waals surface area (Å²) in [6, 6.07) is 0. The fraction of sp³-hybridized carbons (Fsp3) is 1.00. The first kappa shape index (κ1) is 6.47. The molecular formula is C10H16O. The molecule has 3 fully saturated rings. The molecule has 0 aromatic carbocycles. The molecule has 0 heterocycles. The first-order valence-electron chi connectivity index (χ1n) is 4.97. The van der Waals surface area contributed by atoms with Crippen LogP contribution in [0, 0.1) is 29.6 Å². The zero-order chi connectivity index (χ0) is 7.59. The van der Waals surface area contributed by atoms with Crippen LogP contribution in [-0.4, -0.2) is 11.2 Å². The molecular weight excluding hydrogens is 136 g/mol. The molecule has 0 amide bonds. The van der Waals surface area contributed by atoms with E-state index in [9.17, 15) is 5.11 Å². The van der Waals surface area contributed by atoms with Crippen LogP contribution >= 0.6 is 0 Å². The van der Waals surface area contributed by atoms with Crippen molar-refractivity contribution in [2.24, 2.45) is 29.6 Å². The summed E-state index contributed by atoms with van der Waals surface area (Å²) in [5, 5.41) is 9.46. The van der Waals surface area contributed by atoms with Gasteiger partial charge in [0.1, 0.15) is 0 Å². The van der Waals surface area contributed by atoms with Gasteiger partial charge >= 0.3 is 0 Å². The average molecular weight is 152 g/mol. The van der Waals surface area contributed by atoms with E-state index in [0.717, 1.165) is 23.7 Å². The molecule has 11 heavy (non-hydrogen) atoms. The molecule has 5 atom stereocenters. The average Bonchev–Trinajstić information content (AvgIpc) is 2.44. The Morgan fingerprint density at radius 3 is 2.18 bits per heavy atom. The fourth-order valence-electron chi connectivity index (χ4n) is 4.04. The SMILES string of the molecule is CC(O)C1C2C3CCC(C3)C12. The second-order valence-corrected chi connectivity index (χ2v) is 4.81. The minimum Gasteiger partial charge on any atom is -0.393 e. The summed E-state index contributed by atoms with van der Waals surface area (Å²) in [6.07, 6.45) is 4.41. The highest BCUT2D eigenvalue weighted by Gasteiger charge is 2.65. The monoisotopic (exact) mass is 152 g/mol. The van der Waals surface area contributed by atoms with Crippen LogP contribution in [0.2, 0.25) is 0 Å². The van der Waals surface area contributed by atoms with Gasteiger partial charge in [-0.1, -0.05) is 0 Å². The van der Waals surface area contributed by atoms with Gasteiger partial charge < -0.3 is 5.11 Å². The van der Waals surface area contributed by atoms with Gasteiger partial charge in [-0.2, -0.15) is 0 Å². The molecule has 2 bridgehead atoms. The van der Waals surface area contributed by atoms with E-state index in [0.29, 0.717) is 5.92 Å². The number of fused-ring (bicyclic) bond motifs is 5. The molecule has 0 aromatic heterocycles. The minimum absolute atomic E-state index is 0.0200. The van der Waals surface area contributed by atoms with Crippen molar-refractivity contribution in [3.8, 4) is 0 Å². The smallest absolute Gasteiger partial charge is 0.0545 e. The van der Waals surface area contributed by atoms with Gasteiger partial charge in [-0.3, -0.25) is 0 Å². The topological polar surface area (TPSA) is 20.2 Å². The van der Waals surface area contributed by atoms with E-state index < -0.39 is 0 Å². The molecule has 3 aliphatic rings. The quantitative estimate of drug-likeness (QED) is 0.606. The van der Waals surface area contributed by atoms with Gasteiger partial charge in [0.2, 0.25) is 0 Å². The third kappa shape index (κ3) is 0.658. The van der Waals surface area contributed by atoms with Crippen molar-refractivity contribution in [3.05, 3.63) is 0 Å². The Hall–Kier alpha value is -0.0400. The largest absolute Gasteiger partial charge is 0.393 e. The molecule has 3 aliphatic carbocycles. The molecule has 0 radical (unpaired) electrons. The lowest BCUT2D eigenvalue weighted by Gasteiger charge is -2.09. The second-order valence-electron chi connectivity index (χ2n) is 4.81. The van der Waals surface area contributed by atoms with Gasteiger partial charge in [0.25, 0.3) is 0 Å². The van der Waals surface area contributed by atoms with E-state index in [1.54, 1.807) is 0 Å². The van der Waals surface area contributed by atoms with Crippen molar-refractivity contribution in [2.45, 2.75) is 32.3 Å². The van der Waals surface area contributed by atoms with Gasteiger partial charge in [0.15, 0.2) is 0 Å². The molecule has 3 saturated carbocycles. The van der Waals surface area contributed by atoms with Crippen molar-refractivity contribution in [1.82, 2.24) is 0 Å². The van der Waals surface area contributed by atoms with Crippen molar-refractivity contribution in [3.63, 3.8) is 0 Å². The van der Waals surface area contributed by atoms with Gasteiger partial charge in [-0.25, -0.2) is 0 Å². The molecule has 1 N–H and O–H groups in total. The maximum absolute atomic E-state index is 9.46. The summed E-state index contributed by atoms with van der Waals surface area (Å²) in [5.74, 6) is 4.65. The predicted molar refractivity (Wildman–Crippen MR) is 43.0 cm³/mol. The highest BCUT2D eigenvalue weighted by Crippen LogP contribution is 2.70. The number of aliphatic hydroxyl groups excluding tert-OH is 1. The van der Waals surface area contributed by atoms with Gasteiger partial charge in [0.05, 0.1) is 6.10 Å². The zero-order valence-electron chi connectivity index (χ0n) is 7.03.